The summed E-state index contributed by atoms with van der Waals surface area (Å²) in [5, 5.41) is 2.99. The molecule has 1 aliphatic heterocycles. The Bertz CT molecular complexity index is 495. The molecule has 1 amide bonds. The quantitative estimate of drug-likeness (QED) is 0.836. The normalized spacial score (nSPS) is 17.0. The third kappa shape index (κ3) is 5.54. The van der Waals surface area contributed by atoms with E-state index < -0.39 is 6.10 Å². The van der Waals surface area contributed by atoms with E-state index in [-0.39, 0.29) is 5.91 Å². The molecule has 4 nitrogen and oxygen atoms in total. The number of nitrogens with one attached hydrogen (secondary N) is 1. The van der Waals surface area contributed by atoms with Crippen molar-refractivity contribution >= 4 is 5.91 Å². The number of rotatable bonds is 7. The Labute approximate surface area is 139 Å². The minimum atomic E-state index is -0.482. The average Bonchev–Trinajstić information content (AvgIpc) is 2.56. The first kappa shape index (κ1) is 17.8. The Balaban J connectivity index is 1.78. The third-order valence-electron chi connectivity index (χ3n) is 4.41. The van der Waals surface area contributed by atoms with E-state index in [1.165, 1.54) is 0 Å². The molecule has 1 aromatic carbocycles. The fourth-order valence-electron chi connectivity index (χ4n) is 2.89. The molecular formula is C19H29NO3. The maximum atomic E-state index is 12.2. The maximum Gasteiger partial charge on any atom is 0.260 e. The van der Waals surface area contributed by atoms with Crippen LogP contribution in [0.1, 0.15) is 51.5 Å². The highest BCUT2D eigenvalue weighted by Gasteiger charge is 2.18. The van der Waals surface area contributed by atoms with Gasteiger partial charge in [-0.15, -0.1) is 0 Å². The molecule has 128 valence electrons. The molecule has 1 atom stereocenters. The van der Waals surface area contributed by atoms with Crippen molar-refractivity contribution in [2.45, 2.75) is 52.1 Å². The summed E-state index contributed by atoms with van der Waals surface area (Å²) in [5.41, 5.74) is 1.13. The predicted molar refractivity (Wildman–Crippen MR) is 91.8 cm³/mol. The van der Waals surface area contributed by atoms with E-state index in [4.69, 9.17) is 9.47 Å². The van der Waals surface area contributed by atoms with Crippen molar-refractivity contribution in [1.82, 2.24) is 5.32 Å². The molecule has 0 radical (unpaired) electrons. The van der Waals surface area contributed by atoms with Crippen LogP contribution in [0.3, 0.4) is 0 Å². The number of para-hydroxylation sites is 1. The fourth-order valence-corrected chi connectivity index (χ4v) is 2.89. The van der Waals surface area contributed by atoms with Crippen LogP contribution in [0.5, 0.6) is 5.75 Å². The van der Waals surface area contributed by atoms with Gasteiger partial charge in [0.05, 0.1) is 0 Å². The van der Waals surface area contributed by atoms with Gasteiger partial charge in [0, 0.05) is 19.8 Å². The van der Waals surface area contributed by atoms with Crippen LogP contribution in [0.15, 0.2) is 24.3 Å². The van der Waals surface area contributed by atoms with Crippen molar-refractivity contribution in [3.63, 3.8) is 0 Å². The van der Waals surface area contributed by atoms with E-state index in [1.807, 2.05) is 18.2 Å². The molecule has 1 N–H and O–H groups in total. The summed E-state index contributed by atoms with van der Waals surface area (Å²) < 4.78 is 11.2. The Kier molecular flexibility index (Phi) is 6.90. The second kappa shape index (κ2) is 8.92. The van der Waals surface area contributed by atoms with Gasteiger partial charge in [-0.25, -0.2) is 0 Å². The van der Waals surface area contributed by atoms with Crippen molar-refractivity contribution in [1.29, 1.82) is 0 Å². The van der Waals surface area contributed by atoms with Gasteiger partial charge in [-0.1, -0.05) is 32.0 Å². The van der Waals surface area contributed by atoms with E-state index in [0.29, 0.717) is 18.4 Å². The van der Waals surface area contributed by atoms with Gasteiger partial charge in [0.1, 0.15) is 5.75 Å². The van der Waals surface area contributed by atoms with Crippen LogP contribution in [-0.4, -0.2) is 31.8 Å². The van der Waals surface area contributed by atoms with Crippen molar-refractivity contribution in [2.24, 2.45) is 5.92 Å². The van der Waals surface area contributed by atoms with Crippen LogP contribution in [-0.2, 0) is 9.53 Å². The standard InChI is InChI=1S/C19H29NO3/c1-14(2)17-6-4-5-7-18(17)23-15(3)19(21)20-11-8-16-9-12-22-13-10-16/h4-7,14-16H,8-13H2,1-3H3,(H,20,21). The van der Waals surface area contributed by atoms with Gasteiger partial charge >= 0.3 is 0 Å². The number of ether oxygens (including phenoxy) is 2. The van der Waals surface area contributed by atoms with Gasteiger partial charge in [-0.05, 0) is 49.7 Å². The van der Waals surface area contributed by atoms with E-state index >= 15 is 0 Å². The third-order valence-corrected chi connectivity index (χ3v) is 4.41. The molecule has 0 aliphatic carbocycles. The van der Waals surface area contributed by atoms with Gasteiger partial charge < -0.3 is 14.8 Å². The summed E-state index contributed by atoms with van der Waals surface area (Å²) >= 11 is 0. The summed E-state index contributed by atoms with van der Waals surface area (Å²) in [6.45, 7) is 8.47. The van der Waals surface area contributed by atoms with Crippen LogP contribution >= 0.6 is 0 Å². The lowest BCUT2D eigenvalue weighted by Crippen LogP contribution is -2.37. The van der Waals surface area contributed by atoms with Crippen molar-refractivity contribution in [2.75, 3.05) is 19.8 Å². The van der Waals surface area contributed by atoms with Crippen molar-refractivity contribution in [3.05, 3.63) is 29.8 Å². The van der Waals surface area contributed by atoms with E-state index in [0.717, 1.165) is 43.8 Å². The van der Waals surface area contributed by atoms with E-state index in [9.17, 15) is 4.79 Å². The first-order valence-corrected chi connectivity index (χ1v) is 8.69. The second-order valence-corrected chi connectivity index (χ2v) is 6.59. The highest BCUT2D eigenvalue weighted by atomic mass is 16.5. The van der Waals surface area contributed by atoms with E-state index in [2.05, 4.69) is 25.2 Å². The molecule has 0 bridgehead atoms. The largest absolute Gasteiger partial charge is 0.481 e. The lowest BCUT2D eigenvalue weighted by atomic mass is 9.97. The fraction of sp³-hybridized carbons (Fsp3) is 0.632. The highest BCUT2D eigenvalue weighted by Crippen LogP contribution is 2.26. The number of benzene rings is 1. The summed E-state index contributed by atoms with van der Waals surface area (Å²) in [5.74, 6) is 1.79. The zero-order valence-electron chi connectivity index (χ0n) is 14.5. The number of amides is 1. The SMILES string of the molecule is CC(Oc1ccccc1C(C)C)C(=O)NCCC1CCOCC1. The first-order valence-electron chi connectivity index (χ1n) is 8.69. The van der Waals surface area contributed by atoms with Crippen LogP contribution in [0.2, 0.25) is 0 Å². The molecule has 0 spiro atoms. The maximum absolute atomic E-state index is 12.2. The van der Waals surface area contributed by atoms with Gasteiger partial charge in [0.25, 0.3) is 5.91 Å². The minimum absolute atomic E-state index is 0.0457. The van der Waals surface area contributed by atoms with Crippen molar-refractivity contribution in [3.8, 4) is 5.75 Å². The Morgan fingerprint density at radius 3 is 2.65 bits per heavy atom. The minimum Gasteiger partial charge on any atom is -0.481 e. The zero-order valence-corrected chi connectivity index (χ0v) is 14.5. The molecule has 4 heteroatoms. The van der Waals surface area contributed by atoms with Gasteiger partial charge in [-0.3, -0.25) is 4.79 Å². The molecule has 1 fully saturated rings. The average molecular weight is 319 g/mol. The zero-order chi connectivity index (χ0) is 16.7. The number of hydrogen-bond donors (Lipinski definition) is 1. The van der Waals surface area contributed by atoms with Crippen LogP contribution < -0.4 is 10.1 Å². The number of hydrogen-bond acceptors (Lipinski definition) is 3. The highest BCUT2D eigenvalue weighted by molar-refractivity contribution is 5.80. The molecule has 1 heterocycles. The van der Waals surface area contributed by atoms with Gasteiger partial charge in [0.2, 0.25) is 0 Å². The molecule has 2 rings (SSSR count). The van der Waals surface area contributed by atoms with E-state index in [1.54, 1.807) is 6.92 Å². The lowest BCUT2D eigenvalue weighted by Gasteiger charge is -2.22. The molecular weight excluding hydrogens is 290 g/mol. The summed E-state index contributed by atoms with van der Waals surface area (Å²) in [4.78, 5) is 12.2. The van der Waals surface area contributed by atoms with Gasteiger partial charge in [0.15, 0.2) is 6.10 Å². The second-order valence-electron chi connectivity index (χ2n) is 6.59. The molecule has 1 aromatic rings. The monoisotopic (exact) mass is 319 g/mol. The molecule has 23 heavy (non-hydrogen) atoms. The van der Waals surface area contributed by atoms with Crippen LogP contribution in [0.25, 0.3) is 0 Å². The molecule has 1 unspecified atom stereocenters. The number of carbonyl (C=O) groups excluding carboxylic acids is 1. The summed E-state index contributed by atoms with van der Waals surface area (Å²) in [6.07, 6.45) is 2.74. The summed E-state index contributed by atoms with van der Waals surface area (Å²) in [6, 6.07) is 7.93. The van der Waals surface area contributed by atoms with Gasteiger partial charge in [-0.2, -0.15) is 0 Å². The topological polar surface area (TPSA) is 47.6 Å². The van der Waals surface area contributed by atoms with Crippen LogP contribution in [0, 0.1) is 5.92 Å². The summed E-state index contributed by atoms with van der Waals surface area (Å²) in [7, 11) is 0. The van der Waals surface area contributed by atoms with Crippen molar-refractivity contribution < 1.29 is 14.3 Å². The first-order chi connectivity index (χ1) is 11.1. The van der Waals surface area contributed by atoms with Crippen LogP contribution in [0.4, 0.5) is 0 Å². The smallest absolute Gasteiger partial charge is 0.260 e. The number of carbonyl (C=O) groups is 1. The molecule has 1 aliphatic rings. The Morgan fingerprint density at radius 1 is 1.26 bits per heavy atom. The molecule has 0 aromatic heterocycles. The Hall–Kier alpha value is -1.55. The lowest BCUT2D eigenvalue weighted by molar-refractivity contribution is -0.127. The molecule has 0 saturated carbocycles. The predicted octanol–water partition coefficient (Wildman–Crippen LogP) is 3.51. The molecule has 1 saturated heterocycles. The Morgan fingerprint density at radius 2 is 1.96 bits per heavy atom.